The zero-order valence-electron chi connectivity index (χ0n) is 12.9. The molecule has 3 aromatic rings. The van der Waals surface area contributed by atoms with E-state index in [0.29, 0.717) is 5.82 Å². The third kappa shape index (κ3) is 4.32. The minimum atomic E-state index is -3.63. The maximum Gasteiger partial charge on any atom is 0.266 e. The van der Waals surface area contributed by atoms with Crippen LogP contribution in [0.15, 0.2) is 64.5 Å². The molecule has 0 saturated carbocycles. The van der Waals surface area contributed by atoms with E-state index in [1.807, 2.05) is 0 Å². The SMILES string of the molecule is O=c1ccc(-n2cccn2)nn1CCNS(=O)(=O)c1ccc(I)cc1. The average molecular weight is 471 g/mol. The molecule has 2 aromatic heterocycles. The highest BCUT2D eigenvalue weighted by Crippen LogP contribution is 2.11. The second kappa shape index (κ2) is 7.45. The molecule has 25 heavy (non-hydrogen) atoms. The summed E-state index contributed by atoms with van der Waals surface area (Å²) in [5.74, 6) is 0.477. The zero-order valence-corrected chi connectivity index (χ0v) is 15.9. The summed E-state index contributed by atoms with van der Waals surface area (Å²) in [6, 6.07) is 11.2. The van der Waals surface area contributed by atoms with Gasteiger partial charge >= 0.3 is 0 Å². The van der Waals surface area contributed by atoms with Gasteiger partial charge in [-0.2, -0.15) is 5.10 Å². The molecule has 0 radical (unpaired) electrons. The van der Waals surface area contributed by atoms with Crippen LogP contribution in [0.1, 0.15) is 0 Å². The van der Waals surface area contributed by atoms with Crippen LogP contribution < -0.4 is 10.3 Å². The Kier molecular flexibility index (Phi) is 5.30. The van der Waals surface area contributed by atoms with Gasteiger partial charge in [0.1, 0.15) is 0 Å². The first-order chi connectivity index (χ1) is 12.0. The molecule has 0 aliphatic rings. The number of aromatic nitrogens is 4. The molecule has 0 amide bonds. The van der Waals surface area contributed by atoms with Gasteiger partial charge in [-0.3, -0.25) is 4.79 Å². The lowest BCUT2D eigenvalue weighted by Gasteiger charge is -2.09. The molecule has 0 unspecified atom stereocenters. The Balaban J connectivity index is 1.70. The highest BCUT2D eigenvalue weighted by molar-refractivity contribution is 14.1. The molecule has 1 aromatic carbocycles. The van der Waals surface area contributed by atoms with Crippen LogP contribution in [0, 0.1) is 3.57 Å². The molecule has 0 aliphatic carbocycles. The van der Waals surface area contributed by atoms with E-state index in [1.165, 1.54) is 27.6 Å². The maximum absolute atomic E-state index is 12.2. The van der Waals surface area contributed by atoms with Crippen LogP contribution in [-0.4, -0.2) is 34.5 Å². The summed E-state index contributed by atoms with van der Waals surface area (Å²) in [4.78, 5) is 12.1. The summed E-state index contributed by atoms with van der Waals surface area (Å²) in [6.45, 7) is 0.154. The predicted molar refractivity (Wildman–Crippen MR) is 100.0 cm³/mol. The molecule has 0 bridgehead atoms. The maximum atomic E-state index is 12.2. The van der Waals surface area contributed by atoms with Crippen molar-refractivity contribution >= 4 is 32.6 Å². The van der Waals surface area contributed by atoms with Gasteiger partial charge in [-0.1, -0.05) is 0 Å². The summed E-state index contributed by atoms with van der Waals surface area (Å²) in [7, 11) is -3.63. The quantitative estimate of drug-likeness (QED) is 0.542. The number of hydrogen-bond donors (Lipinski definition) is 1. The molecule has 0 spiro atoms. The summed E-state index contributed by atoms with van der Waals surface area (Å²) in [5, 5.41) is 8.24. The standard InChI is InChI=1S/C15H14IN5O3S/c16-12-2-4-13(5-3-12)25(23,24)18-9-11-21-15(22)7-6-14(19-21)20-10-1-8-17-20/h1-8,10,18H,9,11H2. The van der Waals surface area contributed by atoms with Crippen molar-refractivity contribution in [2.24, 2.45) is 0 Å². The van der Waals surface area contributed by atoms with Gasteiger partial charge in [0.25, 0.3) is 5.56 Å². The van der Waals surface area contributed by atoms with Crippen molar-refractivity contribution in [2.45, 2.75) is 11.4 Å². The molecule has 8 nitrogen and oxygen atoms in total. The lowest BCUT2D eigenvalue weighted by Crippen LogP contribution is -2.32. The highest BCUT2D eigenvalue weighted by Gasteiger charge is 2.13. The summed E-state index contributed by atoms with van der Waals surface area (Å²) >= 11 is 2.10. The van der Waals surface area contributed by atoms with Crippen molar-refractivity contribution < 1.29 is 8.42 Å². The van der Waals surface area contributed by atoms with E-state index in [-0.39, 0.29) is 23.5 Å². The molecule has 10 heteroatoms. The monoisotopic (exact) mass is 471 g/mol. The van der Waals surface area contributed by atoms with E-state index < -0.39 is 10.0 Å². The average Bonchev–Trinajstić information content (AvgIpc) is 3.11. The van der Waals surface area contributed by atoms with Gasteiger partial charge in [0.2, 0.25) is 10.0 Å². The van der Waals surface area contributed by atoms with E-state index in [0.717, 1.165) is 3.57 Å². The Hall–Kier alpha value is -2.05. The number of hydrogen-bond acceptors (Lipinski definition) is 5. The Morgan fingerprint density at radius 3 is 2.56 bits per heavy atom. The van der Waals surface area contributed by atoms with Crippen molar-refractivity contribution in [3.05, 3.63) is 68.8 Å². The predicted octanol–water partition coefficient (Wildman–Crippen LogP) is 1.01. The normalized spacial score (nSPS) is 11.6. The molecule has 3 rings (SSSR count). The van der Waals surface area contributed by atoms with Gasteiger partial charge in [-0.05, 0) is 59.0 Å². The van der Waals surface area contributed by atoms with E-state index >= 15 is 0 Å². The first-order valence-corrected chi connectivity index (χ1v) is 9.85. The number of halogens is 1. The summed E-state index contributed by atoms with van der Waals surface area (Å²) in [5.41, 5.74) is -0.315. The van der Waals surface area contributed by atoms with E-state index in [4.69, 9.17) is 0 Å². The molecule has 0 fully saturated rings. The zero-order chi connectivity index (χ0) is 17.9. The van der Waals surface area contributed by atoms with Crippen LogP contribution in [0.25, 0.3) is 5.82 Å². The Bertz CT molecular complexity index is 1010. The van der Waals surface area contributed by atoms with E-state index in [2.05, 4.69) is 37.5 Å². The Morgan fingerprint density at radius 2 is 1.88 bits per heavy atom. The second-order valence-corrected chi connectivity index (χ2v) is 8.07. The number of nitrogens with zero attached hydrogens (tertiary/aromatic N) is 4. The topological polar surface area (TPSA) is 98.9 Å². The van der Waals surface area contributed by atoms with Crippen LogP contribution >= 0.6 is 22.6 Å². The van der Waals surface area contributed by atoms with Gasteiger partial charge < -0.3 is 0 Å². The summed E-state index contributed by atoms with van der Waals surface area (Å²) < 4.78 is 30.6. The Morgan fingerprint density at radius 1 is 1.12 bits per heavy atom. The van der Waals surface area contributed by atoms with Crippen molar-refractivity contribution in [2.75, 3.05) is 6.54 Å². The minimum absolute atomic E-state index is 0.0454. The van der Waals surface area contributed by atoms with Gasteiger partial charge in [0.05, 0.1) is 11.4 Å². The van der Waals surface area contributed by atoms with Crippen molar-refractivity contribution in [1.29, 1.82) is 0 Å². The first-order valence-electron chi connectivity index (χ1n) is 7.29. The number of rotatable bonds is 6. The lowest BCUT2D eigenvalue weighted by molar-refractivity contribution is 0.542. The number of sulfonamides is 1. The summed E-state index contributed by atoms with van der Waals surface area (Å²) in [6.07, 6.45) is 3.31. The fourth-order valence-corrected chi connectivity index (χ4v) is 3.49. The van der Waals surface area contributed by atoms with Crippen LogP contribution in [0.3, 0.4) is 0 Å². The lowest BCUT2D eigenvalue weighted by atomic mass is 10.4. The van der Waals surface area contributed by atoms with Crippen molar-refractivity contribution in [3.8, 4) is 5.82 Å². The van der Waals surface area contributed by atoms with Gasteiger partial charge in [-0.15, -0.1) is 5.10 Å². The van der Waals surface area contributed by atoms with Gasteiger partial charge in [0.15, 0.2) is 5.82 Å². The van der Waals surface area contributed by atoms with Crippen LogP contribution in [-0.2, 0) is 16.6 Å². The third-order valence-corrected chi connectivity index (χ3v) is 5.53. The van der Waals surface area contributed by atoms with Gasteiger partial charge in [-0.25, -0.2) is 22.5 Å². The fourth-order valence-electron chi connectivity index (χ4n) is 2.11. The first kappa shape index (κ1) is 17.8. The van der Waals surface area contributed by atoms with Gasteiger partial charge in [0, 0.05) is 28.6 Å². The van der Waals surface area contributed by atoms with Crippen molar-refractivity contribution in [1.82, 2.24) is 24.3 Å². The van der Waals surface area contributed by atoms with Crippen LogP contribution in [0.5, 0.6) is 0 Å². The smallest absolute Gasteiger partial charge is 0.266 e. The highest BCUT2D eigenvalue weighted by atomic mass is 127. The molecule has 2 heterocycles. The Labute approximate surface area is 157 Å². The van der Waals surface area contributed by atoms with E-state index in [9.17, 15) is 13.2 Å². The van der Waals surface area contributed by atoms with Crippen LogP contribution in [0.2, 0.25) is 0 Å². The number of nitrogens with one attached hydrogen (secondary N) is 1. The number of benzene rings is 1. The molecular weight excluding hydrogens is 457 g/mol. The molecule has 130 valence electrons. The fraction of sp³-hybridized carbons (Fsp3) is 0.133. The molecular formula is C15H14IN5O3S. The molecule has 0 aliphatic heterocycles. The minimum Gasteiger partial charge on any atom is -0.268 e. The largest absolute Gasteiger partial charge is 0.268 e. The second-order valence-electron chi connectivity index (χ2n) is 5.06. The van der Waals surface area contributed by atoms with E-state index in [1.54, 1.807) is 36.7 Å². The van der Waals surface area contributed by atoms with Crippen molar-refractivity contribution in [3.63, 3.8) is 0 Å². The van der Waals surface area contributed by atoms with Crippen LogP contribution in [0.4, 0.5) is 0 Å². The third-order valence-electron chi connectivity index (χ3n) is 3.33. The molecule has 1 N–H and O–H groups in total. The molecule has 0 saturated heterocycles. The molecule has 0 atom stereocenters.